The average molecular weight is 712 g/mol. The average Bonchev–Trinajstić information content (AvgIpc) is 3.64. The van der Waals surface area contributed by atoms with Crippen LogP contribution in [-0.4, -0.2) is 55.6 Å². The van der Waals surface area contributed by atoms with Gasteiger partial charge in [0.15, 0.2) is 5.79 Å². The minimum atomic E-state index is -0.444. The van der Waals surface area contributed by atoms with E-state index < -0.39 is 5.79 Å². The third-order valence-electron chi connectivity index (χ3n) is 10.5. The molecule has 1 aliphatic carbocycles. The molecule has 4 atom stereocenters. The highest BCUT2D eigenvalue weighted by Crippen LogP contribution is 2.44. The lowest BCUT2D eigenvalue weighted by molar-refractivity contribution is -0.196. The smallest absolute Gasteiger partial charge is 0.307 e. The van der Waals surface area contributed by atoms with Crippen molar-refractivity contribution in [2.24, 2.45) is 0 Å². The molecule has 51 heavy (non-hydrogen) atoms. The van der Waals surface area contributed by atoms with E-state index in [-0.39, 0.29) is 24.3 Å². The highest BCUT2D eigenvalue weighted by atomic mass is 16.8. The van der Waals surface area contributed by atoms with Crippen LogP contribution in [0.1, 0.15) is 194 Å². The Morgan fingerprint density at radius 2 is 1.00 bits per heavy atom. The number of ether oxygens (including phenoxy) is 3. The molecule has 0 aromatic heterocycles. The van der Waals surface area contributed by atoms with Crippen LogP contribution in [0.15, 0.2) is 48.6 Å². The molecule has 2 rings (SSSR count). The molecule has 0 aromatic rings. The highest BCUT2D eigenvalue weighted by Gasteiger charge is 2.52. The Balaban J connectivity index is 1.65. The summed E-state index contributed by atoms with van der Waals surface area (Å²) in [6.45, 7) is 5.23. The van der Waals surface area contributed by atoms with E-state index in [0.717, 1.165) is 57.9 Å². The van der Waals surface area contributed by atoms with Crippen molar-refractivity contribution in [3.63, 3.8) is 0 Å². The lowest BCUT2D eigenvalue weighted by Gasteiger charge is -2.30. The second kappa shape index (κ2) is 30.7. The molecule has 0 radical (unpaired) electrons. The van der Waals surface area contributed by atoms with Crippen molar-refractivity contribution in [1.82, 2.24) is 4.90 Å². The first kappa shape index (κ1) is 45.5. The quantitative estimate of drug-likeness (QED) is 0.0385. The van der Waals surface area contributed by atoms with Crippen molar-refractivity contribution >= 4 is 5.97 Å². The first-order valence-corrected chi connectivity index (χ1v) is 21.8. The molecule has 2 fully saturated rings. The third kappa shape index (κ3) is 23.6. The maximum absolute atomic E-state index is 12.4. The number of allylic oxidation sites excluding steroid dienone is 8. The van der Waals surface area contributed by atoms with Crippen molar-refractivity contribution in [2.75, 3.05) is 20.6 Å². The Bertz CT molecular complexity index is 939. The van der Waals surface area contributed by atoms with Crippen LogP contribution in [0.25, 0.3) is 0 Å². The van der Waals surface area contributed by atoms with E-state index in [1.807, 2.05) is 19.0 Å². The van der Waals surface area contributed by atoms with Crippen LogP contribution in [0.5, 0.6) is 0 Å². The van der Waals surface area contributed by atoms with Gasteiger partial charge in [-0.1, -0.05) is 140 Å². The van der Waals surface area contributed by atoms with Crippen molar-refractivity contribution in [1.29, 1.82) is 0 Å². The number of esters is 1. The molecule has 1 aliphatic heterocycles. The van der Waals surface area contributed by atoms with Gasteiger partial charge in [0.25, 0.3) is 0 Å². The summed E-state index contributed by atoms with van der Waals surface area (Å²) in [5.74, 6) is -0.549. The fourth-order valence-electron chi connectivity index (χ4n) is 7.34. The Morgan fingerprint density at radius 3 is 1.45 bits per heavy atom. The monoisotopic (exact) mass is 712 g/mol. The van der Waals surface area contributed by atoms with Crippen LogP contribution >= 0.6 is 0 Å². The summed E-state index contributed by atoms with van der Waals surface area (Å²) < 4.78 is 19.4. The van der Waals surface area contributed by atoms with Crippen molar-refractivity contribution in [3.05, 3.63) is 48.6 Å². The van der Waals surface area contributed by atoms with Crippen LogP contribution < -0.4 is 0 Å². The van der Waals surface area contributed by atoms with Gasteiger partial charge in [-0.15, -0.1) is 0 Å². The molecule has 1 heterocycles. The van der Waals surface area contributed by atoms with E-state index >= 15 is 0 Å². The summed E-state index contributed by atoms with van der Waals surface area (Å²) in [6.07, 6.45) is 51.5. The standard InChI is InChI=1S/C46H81NO4/c1-5-7-9-11-13-15-17-19-21-23-25-27-29-31-33-35-38-46(37-34-32-30-28-26-24-22-20-18-16-14-12-10-8-6-2)50-43-40-42(41-44(43)51-46)49-45(48)36-39-47(3)4/h12-15,18-21,42-44H,5-11,16-17,22-41H2,1-4H3/b14-12-,15-13-,20-18-,21-19-/t42?,43-,44+,46?. The number of carbonyl (C=O) groups is 1. The summed E-state index contributed by atoms with van der Waals surface area (Å²) in [7, 11) is 3.97. The van der Waals surface area contributed by atoms with E-state index in [0.29, 0.717) is 6.42 Å². The topological polar surface area (TPSA) is 48.0 Å². The predicted octanol–water partition coefficient (Wildman–Crippen LogP) is 13.1. The van der Waals surface area contributed by atoms with E-state index in [9.17, 15) is 4.79 Å². The van der Waals surface area contributed by atoms with E-state index in [1.54, 1.807) is 0 Å². The van der Waals surface area contributed by atoms with Gasteiger partial charge in [-0.25, -0.2) is 0 Å². The number of fused-ring (bicyclic) bond motifs is 1. The molecule has 0 aromatic carbocycles. The zero-order valence-corrected chi connectivity index (χ0v) is 33.9. The number of carbonyl (C=O) groups excluding carboxylic acids is 1. The molecular weight excluding hydrogens is 631 g/mol. The van der Waals surface area contributed by atoms with Crippen molar-refractivity contribution in [3.8, 4) is 0 Å². The molecule has 1 saturated carbocycles. The van der Waals surface area contributed by atoms with E-state index in [2.05, 4.69) is 62.5 Å². The van der Waals surface area contributed by atoms with Gasteiger partial charge >= 0.3 is 5.97 Å². The van der Waals surface area contributed by atoms with Crippen LogP contribution in [-0.2, 0) is 19.0 Å². The van der Waals surface area contributed by atoms with Gasteiger partial charge in [0.2, 0.25) is 0 Å². The summed E-state index contributed by atoms with van der Waals surface area (Å²) in [5.41, 5.74) is 0. The fraction of sp³-hybridized carbons (Fsp3) is 0.804. The summed E-state index contributed by atoms with van der Waals surface area (Å²) in [5, 5.41) is 0. The van der Waals surface area contributed by atoms with Crippen LogP contribution in [0.4, 0.5) is 0 Å². The van der Waals surface area contributed by atoms with Crippen molar-refractivity contribution in [2.45, 2.75) is 218 Å². The lowest BCUT2D eigenvalue weighted by atomic mass is 9.98. The molecule has 5 nitrogen and oxygen atoms in total. The number of hydrogen-bond acceptors (Lipinski definition) is 5. The number of unbranched alkanes of at least 4 members (excludes halogenated alkanes) is 17. The van der Waals surface area contributed by atoms with Gasteiger partial charge in [-0.05, 0) is 84.7 Å². The lowest BCUT2D eigenvalue weighted by Crippen LogP contribution is -2.33. The summed E-state index contributed by atoms with van der Waals surface area (Å²) in [6, 6.07) is 0. The van der Waals surface area contributed by atoms with Gasteiger partial charge in [-0.3, -0.25) is 4.79 Å². The molecule has 0 bridgehead atoms. The van der Waals surface area contributed by atoms with Gasteiger partial charge in [0.1, 0.15) is 6.10 Å². The predicted molar refractivity (Wildman–Crippen MR) is 218 cm³/mol. The fourth-order valence-corrected chi connectivity index (χ4v) is 7.34. The first-order valence-electron chi connectivity index (χ1n) is 21.8. The molecule has 1 saturated heterocycles. The molecule has 294 valence electrons. The summed E-state index contributed by atoms with van der Waals surface area (Å²) in [4.78, 5) is 14.4. The van der Waals surface area contributed by atoms with Crippen molar-refractivity contribution < 1.29 is 19.0 Å². The Morgan fingerprint density at radius 1 is 0.588 bits per heavy atom. The minimum Gasteiger partial charge on any atom is -0.462 e. The molecule has 2 unspecified atom stereocenters. The highest BCUT2D eigenvalue weighted by molar-refractivity contribution is 5.69. The second-order valence-corrected chi connectivity index (χ2v) is 15.7. The van der Waals surface area contributed by atoms with Crippen LogP contribution in [0.3, 0.4) is 0 Å². The Labute approximate surface area is 316 Å². The Kier molecular flexibility index (Phi) is 27.4. The largest absolute Gasteiger partial charge is 0.462 e. The van der Waals surface area contributed by atoms with E-state index in [4.69, 9.17) is 14.2 Å². The van der Waals surface area contributed by atoms with Gasteiger partial charge < -0.3 is 19.1 Å². The normalized spacial score (nSPS) is 22.2. The Hall–Kier alpha value is -1.69. The zero-order valence-electron chi connectivity index (χ0n) is 33.9. The first-order chi connectivity index (χ1) is 25.0. The zero-order chi connectivity index (χ0) is 36.7. The van der Waals surface area contributed by atoms with Gasteiger partial charge in [0, 0.05) is 32.2 Å². The molecule has 0 N–H and O–H groups in total. The van der Waals surface area contributed by atoms with Crippen LogP contribution in [0.2, 0.25) is 0 Å². The molecular formula is C46H81NO4. The van der Waals surface area contributed by atoms with Gasteiger partial charge in [-0.2, -0.15) is 0 Å². The SMILES string of the molecule is CCCC/C=C\C/C=C\CCCCCCCCC1(CCCCCCCC/C=C\C/C=C\CCCCC)O[C@H]2CC(OC(=O)CCN(C)C)C[C@H]2O1. The van der Waals surface area contributed by atoms with E-state index in [1.165, 1.54) is 122 Å². The number of rotatable bonds is 33. The number of hydrogen-bond donors (Lipinski definition) is 0. The third-order valence-corrected chi connectivity index (χ3v) is 10.5. The molecule has 0 amide bonds. The summed E-state index contributed by atoms with van der Waals surface area (Å²) >= 11 is 0. The number of nitrogens with zero attached hydrogens (tertiary/aromatic N) is 1. The molecule has 0 spiro atoms. The minimum absolute atomic E-state index is 0.0566. The molecule has 2 aliphatic rings. The van der Waals surface area contributed by atoms with Crippen LogP contribution in [0, 0.1) is 0 Å². The maximum Gasteiger partial charge on any atom is 0.307 e. The molecule has 5 heteroatoms. The van der Waals surface area contributed by atoms with Gasteiger partial charge in [0.05, 0.1) is 18.6 Å². The maximum atomic E-state index is 12.4. The second-order valence-electron chi connectivity index (χ2n) is 15.7.